The minimum Gasteiger partial charge on any atom is -0.354 e. The second-order valence-electron chi connectivity index (χ2n) is 7.19. The van der Waals surface area contributed by atoms with Crippen LogP contribution in [0.5, 0.6) is 0 Å². The molecule has 2 fully saturated rings. The number of aryl methyl sites for hydroxylation is 2. The molecule has 0 aliphatic carbocycles. The molecule has 0 saturated carbocycles. The van der Waals surface area contributed by atoms with Crippen molar-refractivity contribution in [2.75, 3.05) is 46.8 Å². The number of hydrogen-bond donors (Lipinski definition) is 1. The monoisotopic (exact) mass is 304 g/mol. The van der Waals surface area contributed by atoms with Crippen LogP contribution in [0.3, 0.4) is 0 Å². The van der Waals surface area contributed by atoms with Crippen molar-refractivity contribution in [3.63, 3.8) is 0 Å². The first-order chi connectivity index (χ1) is 10.4. The van der Waals surface area contributed by atoms with Crippen LogP contribution in [-0.2, 0) is 0 Å². The largest absolute Gasteiger partial charge is 0.354 e. The zero-order valence-corrected chi connectivity index (χ0v) is 14.3. The summed E-state index contributed by atoms with van der Waals surface area (Å²) >= 11 is 0. The van der Waals surface area contributed by atoms with Crippen LogP contribution in [0.1, 0.15) is 34.6 Å². The summed E-state index contributed by atoms with van der Waals surface area (Å²) < 4.78 is 0. The van der Waals surface area contributed by atoms with E-state index in [0.717, 1.165) is 62.5 Å². The number of rotatable bonds is 1. The van der Waals surface area contributed by atoms with Crippen LogP contribution in [0.2, 0.25) is 0 Å². The van der Waals surface area contributed by atoms with Crippen LogP contribution in [0.15, 0.2) is 6.07 Å². The van der Waals surface area contributed by atoms with Crippen molar-refractivity contribution in [3.8, 4) is 0 Å². The Morgan fingerprint density at radius 1 is 1.14 bits per heavy atom. The molecule has 1 spiro atoms. The third-order valence-electron chi connectivity index (χ3n) is 5.57. The number of carbonyl (C=O) groups is 1. The lowest BCUT2D eigenvalue weighted by atomic mass is 9.83. The fraction of sp³-hybridized carbons (Fsp3) is 0.706. The minimum absolute atomic E-state index is 0.163. The molecule has 2 aliphatic rings. The molecule has 1 aromatic heterocycles. The molecule has 1 N–H and O–H groups in total. The molecule has 2 saturated heterocycles. The van der Waals surface area contributed by atoms with Gasteiger partial charge in [-0.1, -0.05) is 0 Å². The Kier molecular flexibility index (Phi) is 4.03. The molecule has 5 heteroatoms. The Morgan fingerprint density at radius 3 is 2.41 bits per heavy atom. The molecule has 3 heterocycles. The second kappa shape index (κ2) is 5.70. The van der Waals surface area contributed by atoms with Crippen molar-refractivity contribution >= 4 is 5.91 Å². The molecular weight excluding hydrogens is 276 g/mol. The van der Waals surface area contributed by atoms with Gasteiger partial charge in [0.25, 0.3) is 5.91 Å². The number of likely N-dealkylation sites (N-methyl/N-ethyl adjacent to an activating group) is 1. The number of carbonyl (C=O) groups excluding carboxylic acids is 1. The molecular formula is C17H28N4O. The van der Waals surface area contributed by atoms with Crippen molar-refractivity contribution in [2.24, 2.45) is 0 Å². The summed E-state index contributed by atoms with van der Waals surface area (Å²) in [6.07, 6.45) is 2.29. The summed E-state index contributed by atoms with van der Waals surface area (Å²) in [6.45, 7) is 8.90. The average molecular weight is 304 g/mol. The van der Waals surface area contributed by atoms with Crippen LogP contribution in [0.4, 0.5) is 0 Å². The summed E-state index contributed by atoms with van der Waals surface area (Å²) in [6, 6.07) is 2.05. The number of aromatic amines is 1. The molecule has 5 nitrogen and oxygen atoms in total. The number of piperazine rings is 1. The molecule has 0 aromatic carbocycles. The Morgan fingerprint density at radius 2 is 1.82 bits per heavy atom. The number of aromatic nitrogens is 1. The van der Waals surface area contributed by atoms with Gasteiger partial charge < -0.3 is 14.8 Å². The van der Waals surface area contributed by atoms with Crippen LogP contribution in [0, 0.1) is 13.8 Å². The Bertz CT molecular complexity index is 557. The standard InChI is InChI=1S/C17H28N4O/c1-13-11-14(2)18-15(13)16(22)21-10-9-20(4)17(12-21)5-7-19(3)8-6-17/h11,18H,5-10,12H2,1-4H3. The third kappa shape index (κ3) is 2.68. The average Bonchev–Trinajstić information content (AvgIpc) is 2.83. The molecule has 1 aromatic rings. The van der Waals surface area contributed by atoms with Gasteiger partial charge in [-0.2, -0.15) is 0 Å². The fourth-order valence-corrected chi connectivity index (χ4v) is 3.92. The van der Waals surface area contributed by atoms with E-state index in [1.165, 1.54) is 0 Å². The summed E-state index contributed by atoms with van der Waals surface area (Å²) in [5.41, 5.74) is 3.05. The van der Waals surface area contributed by atoms with Crippen molar-refractivity contribution in [1.29, 1.82) is 0 Å². The van der Waals surface area contributed by atoms with Crippen molar-refractivity contribution in [3.05, 3.63) is 23.0 Å². The smallest absolute Gasteiger partial charge is 0.270 e. The van der Waals surface area contributed by atoms with Gasteiger partial charge in [0.15, 0.2) is 0 Å². The van der Waals surface area contributed by atoms with Gasteiger partial charge in [0.05, 0.1) is 0 Å². The zero-order chi connectivity index (χ0) is 15.9. The van der Waals surface area contributed by atoms with Gasteiger partial charge in [-0.3, -0.25) is 9.69 Å². The number of hydrogen-bond acceptors (Lipinski definition) is 3. The maximum Gasteiger partial charge on any atom is 0.270 e. The van der Waals surface area contributed by atoms with E-state index < -0.39 is 0 Å². The first kappa shape index (κ1) is 15.6. The zero-order valence-electron chi connectivity index (χ0n) is 14.3. The first-order valence-electron chi connectivity index (χ1n) is 8.26. The normalized spacial score (nSPS) is 23.2. The number of piperidine rings is 1. The molecule has 1 amide bonds. The van der Waals surface area contributed by atoms with Gasteiger partial charge in [0.1, 0.15) is 5.69 Å². The summed E-state index contributed by atoms with van der Waals surface area (Å²) in [7, 11) is 4.40. The molecule has 3 rings (SSSR count). The van der Waals surface area contributed by atoms with Crippen molar-refractivity contribution < 1.29 is 4.79 Å². The molecule has 0 unspecified atom stereocenters. The lowest BCUT2D eigenvalue weighted by Crippen LogP contribution is -2.65. The number of nitrogens with one attached hydrogen (secondary N) is 1. The summed E-state index contributed by atoms with van der Waals surface area (Å²) in [5, 5.41) is 0. The van der Waals surface area contributed by atoms with E-state index in [4.69, 9.17) is 0 Å². The topological polar surface area (TPSA) is 42.6 Å². The molecule has 0 bridgehead atoms. The maximum atomic E-state index is 12.9. The van der Waals surface area contributed by atoms with E-state index in [9.17, 15) is 4.79 Å². The van der Waals surface area contributed by atoms with Crippen molar-refractivity contribution in [1.82, 2.24) is 19.7 Å². The van der Waals surface area contributed by atoms with Gasteiger partial charge in [0, 0.05) is 30.9 Å². The van der Waals surface area contributed by atoms with E-state index in [-0.39, 0.29) is 11.4 Å². The van der Waals surface area contributed by atoms with Gasteiger partial charge in [-0.25, -0.2) is 0 Å². The van der Waals surface area contributed by atoms with Crippen molar-refractivity contribution in [2.45, 2.75) is 32.2 Å². The minimum atomic E-state index is 0.163. The van der Waals surface area contributed by atoms with Gasteiger partial charge in [0.2, 0.25) is 0 Å². The van der Waals surface area contributed by atoms with Crippen LogP contribution >= 0.6 is 0 Å². The number of likely N-dealkylation sites (tertiary alicyclic amines) is 1. The quantitative estimate of drug-likeness (QED) is 0.855. The number of H-pyrrole nitrogens is 1. The predicted octanol–water partition coefficient (Wildman–Crippen LogP) is 1.48. The SMILES string of the molecule is Cc1cc(C)c(C(=O)N2CCN(C)C3(CCN(C)CC3)C2)[nH]1. The highest BCUT2D eigenvalue weighted by Crippen LogP contribution is 2.31. The summed E-state index contributed by atoms with van der Waals surface area (Å²) in [4.78, 5) is 23.1. The van der Waals surface area contributed by atoms with Crippen LogP contribution in [-0.4, -0.2) is 77.9 Å². The molecule has 2 aliphatic heterocycles. The first-order valence-corrected chi connectivity index (χ1v) is 8.26. The van der Waals surface area contributed by atoms with Crippen LogP contribution in [0.25, 0.3) is 0 Å². The Hall–Kier alpha value is -1.33. The molecule has 122 valence electrons. The lowest BCUT2D eigenvalue weighted by Gasteiger charge is -2.52. The van der Waals surface area contributed by atoms with E-state index in [2.05, 4.69) is 39.8 Å². The molecule has 0 radical (unpaired) electrons. The fourth-order valence-electron chi connectivity index (χ4n) is 3.92. The van der Waals surface area contributed by atoms with Crippen LogP contribution < -0.4 is 0 Å². The number of amides is 1. The summed E-state index contributed by atoms with van der Waals surface area (Å²) in [5.74, 6) is 0.164. The number of nitrogens with zero attached hydrogens (tertiary/aromatic N) is 3. The van der Waals surface area contributed by atoms with Gasteiger partial charge >= 0.3 is 0 Å². The molecule has 22 heavy (non-hydrogen) atoms. The Labute approximate surface area is 133 Å². The Balaban J connectivity index is 1.78. The lowest BCUT2D eigenvalue weighted by molar-refractivity contribution is -0.0172. The van der Waals surface area contributed by atoms with E-state index >= 15 is 0 Å². The highest BCUT2D eigenvalue weighted by molar-refractivity contribution is 5.94. The molecule has 0 atom stereocenters. The highest BCUT2D eigenvalue weighted by Gasteiger charge is 2.43. The highest BCUT2D eigenvalue weighted by atomic mass is 16.2. The van der Waals surface area contributed by atoms with E-state index in [1.54, 1.807) is 0 Å². The van der Waals surface area contributed by atoms with Gasteiger partial charge in [-0.05, 0) is 65.5 Å². The van der Waals surface area contributed by atoms with E-state index in [0.29, 0.717) is 0 Å². The second-order valence-corrected chi connectivity index (χ2v) is 7.19. The predicted molar refractivity (Wildman–Crippen MR) is 88.3 cm³/mol. The maximum absolute atomic E-state index is 12.9. The third-order valence-corrected chi connectivity index (χ3v) is 5.57. The van der Waals surface area contributed by atoms with E-state index in [1.807, 2.05) is 13.8 Å². The van der Waals surface area contributed by atoms with Gasteiger partial charge in [-0.15, -0.1) is 0 Å².